The molecule has 5 heterocycles. The van der Waals surface area contributed by atoms with E-state index in [0.29, 0.717) is 40.6 Å². The molecule has 0 amide bonds. The molecule has 3 aliphatic rings. The van der Waals surface area contributed by atoms with Gasteiger partial charge in [-0.25, -0.2) is 0 Å². The number of hydrogen-bond acceptors (Lipinski definition) is 7. The Morgan fingerprint density at radius 1 is 0.750 bits per heavy atom. The lowest BCUT2D eigenvalue weighted by Crippen LogP contribution is -2.28. The molecular formula is C38H46N4O10. The summed E-state index contributed by atoms with van der Waals surface area (Å²) in [7, 11) is 0. The number of aliphatic carboxylic acids is 5. The van der Waals surface area contributed by atoms with Gasteiger partial charge in [0.2, 0.25) is 0 Å². The minimum Gasteiger partial charge on any atom is -0.481 e. The van der Waals surface area contributed by atoms with Gasteiger partial charge in [-0.3, -0.25) is 29.0 Å². The first kappa shape index (κ1) is 37.8. The fraction of sp³-hybridized carbons (Fsp3) is 0.474. The van der Waals surface area contributed by atoms with Crippen LogP contribution in [0.2, 0.25) is 0 Å². The van der Waals surface area contributed by atoms with Crippen LogP contribution < -0.4 is 5.32 Å². The molecule has 3 aliphatic heterocycles. The summed E-state index contributed by atoms with van der Waals surface area (Å²) < 4.78 is 0. The molecule has 0 spiro atoms. The van der Waals surface area contributed by atoms with E-state index in [0.717, 1.165) is 33.6 Å². The van der Waals surface area contributed by atoms with Gasteiger partial charge < -0.3 is 40.8 Å². The van der Waals surface area contributed by atoms with Crippen LogP contribution in [0, 0.1) is 37.0 Å². The number of fused-ring (bicyclic) bond motifs is 7. The van der Waals surface area contributed by atoms with Gasteiger partial charge in [-0.15, -0.1) is 0 Å². The van der Waals surface area contributed by atoms with Crippen molar-refractivity contribution in [2.24, 2.45) is 28.2 Å². The normalized spacial score (nSPS) is 25.2. The topological polar surface area (TPSA) is 242 Å². The van der Waals surface area contributed by atoms with Crippen LogP contribution in [-0.4, -0.2) is 71.1 Å². The number of carbonyl (C=O) groups is 5. The van der Waals surface area contributed by atoms with E-state index in [-0.39, 0.29) is 69.6 Å². The first-order valence-corrected chi connectivity index (χ1v) is 17.5. The van der Waals surface area contributed by atoms with E-state index < -0.39 is 41.2 Å². The molecule has 8 N–H and O–H groups in total. The van der Waals surface area contributed by atoms with Crippen molar-refractivity contribution < 1.29 is 49.5 Å². The Morgan fingerprint density at radius 2 is 1.27 bits per heavy atom. The molecule has 278 valence electrons. The van der Waals surface area contributed by atoms with Crippen molar-refractivity contribution in [1.29, 1.82) is 0 Å². The Kier molecular flexibility index (Phi) is 11.0. The molecule has 1 fully saturated rings. The third-order valence-electron chi connectivity index (χ3n) is 11.0. The molecule has 2 aromatic rings. The van der Waals surface area contributed by atoms with Crippen molar-refractivity contribution in [3.05, 3.63) is 68.2 Å². The van der Waals surface area contributed by atoms with Crippen molar-refractivity contribution in [2.45, 2.75) is 91.9 Å². The van der Waals surface area contributed by atoms with Gasteiger partial charge in [0.05, 0.1) is 6.42 Å². The van der Waals surface area contributed by atoms with Gasteiger partial charge in [0.25, 0.3) is 0 Å². The minimum atomic E-state index is -1.07. The Balaban J connectivity index is 1.80. The van der Waals surface area contributed by atoms with Crippen molar-refractivity contribution in [2.75, 3.05) is 0 Å². The lowest BCUT2D eigenvalue weighted by Gasteiger charge is -2.30. The van der Waals surface area contributed by atoms with E-state index in [1.54, 1.807) is 6.92 Å². The molecule has 2 aromatic heterocycles. The number of aliphatic imine (C=N–C) groups is 1. The number of allylic oxidation sites excluding steroid dienone is 4. The summed E-state index contributed by atoms with van der Waals surface area (Å²) in [6.45, 7) is 7.52. The minimum absolute atomic E-state index is 0.0962. The monoisotopic (exact) mass is 718 g/mol. The highest BCUT2D eigenvalue weighted by Crippen LogP contribution is 2.50. The van der Waals surface area contributed by atoms with Gasteiger partial charge >= 0.3 is 29.8 Å². The number of nitrogens with one attached hydrogen (secondary N) is 3. The third-order valence-corrected chi connectivity index (χ3v) is 11.0. The van der Waals surface area contributed by atoms with Crippen molar-refractivity contribution in [1.82, 2.24) is 15.3 Å². The summed E-state index contributed by atoms with van der Waals surface area (Å²) in [6, 6.07) is 0. The Labute approximate surface area is 300 Å². The van der Waals surface area contributed by atoms with Crippen LogP contribution in [0.5, 0.6) is 0 Å². The second-order valence-electron chi connectivity index (χ2n) is 14.4. The summed E-state index contributed by atoms with van der Waals surface area (Å²) in [4.78, 5) is 71.3. The Morgan fingerprint density at radius 3 is 1.79 bits per heavy atom. The van der Waals surface area contributed by atoms with E-state index in [1.165, 1.54) is 0 Å². The lowest BCUT2D eigenvalue weighted by molar-refractivity contribution is -0.140. The molecule has 5 rings (SSSR count). The average molecular weight is 719 g/mol. The van der Waals surface area contributed by atoms with E-state index in [9.17, 15) is 49.5 Å². The molecule has 14 heteroatoms. The first-order chi connectivity index (χ1) is 24.5. The summed E-state index contributed by atoms with van der Waals surface area (Å²) in [5, 5.41) is 52.0. The van der Waals surface area contributed by atoms with Crippen LogP contribution in [0.3, 0.4) is 0 Å². The van der Waals surface area contributed by atoms with Gasteiger partial charge in [0, 0.05) is 101 Å². The largest absolute Gasteiger partial charge is 0.481 e. The van der Waals surface area contributed by atoms with Crippen molar-refractivity contribution in [3.63, 3.8) is 0 Å². The summed E-state index contributed by atoms with van der Waals surface area (Å²) in [5.41, 5.74) is 7.37. The smallest absolute Gasteiger partial charge is 0.304 e. The second-order valence-corrected chi connectivity index (χ2v) is 14.4. The van der Waals surface area contributed by atoms with Crippen LogP contribution in [-0.2, 0) is 43.2 Å². The van der Waals surface area contributed by atoms with Gasteiger partial charge in [-0.05, 0) is 80.0 Å². The van der Waals surface area contributed by atoms with Gasteiger partial charge in [-0.1, -0.05) is 13.8 Å². The fourth-order valence-electron chi connectivity index (χ4n) is 8.11. The first-order valence-electron chi connectivity index (χ1n) is 17.5. The van der Waals surface area contributed by atoms with E-state index >= 15 is 0 Å². The fourth-order valence-corrected chi connectivity index (χ4v) is 8.11. The number of rotatable bonds is 14. The van der Waals surface area contributed by atoms with Crippen LogP contribution >= 0.6 is 0 Å². The highest BCUT2D eigenvalue weighted by Gasteiger charge is 2.48. The molecule has 0 aliphatic carbocycles. The molecule has 8 bridgehead atoms. The summed E-state index contributed by atoms with van der Waals surface area (Å²) in [5.74, 6) is -6.03. The van der Waals surface area contributed by atoms with Crippen molar-refractivity contribution in [3.8, 4) is 0 Å². The molecule has 14 nitrogen and oxygen atoms in total. The number of nitrogens with zero attached hydrogens (tertiary/aromatic N) is 1. The maximum absolute atomic E-state index is 12.4. The number of carboxylic acids is 5. The highest BCUT2D eigenvalue weighted by molar-refractivity contribution is 6.01. The van der Waals surface area contributed by atoms with E-state index in [4.69, 9.17) is 4.99 Å². The lowest BCUT2D eigenvalue weighted by atomic mass is 9.71. The standard InChI is InChI=1S/C38H46N4O10/c1-18-22(6-10-34(45)46)29-15-30-23(7-11-35(47)48)20(3)27(41-30)16-32-38(4,17-37(51)52)24(8-12-36(49)50)31(42-32)14-26-19(2)21(5-9-33(43)44)28(40-26)13-25(18)39-29/h13-14,16,19,21,24,39,41-42H,5-12,15,17H2,1-4H3,(H,43,44)(H,45,46)(H,47,48)(H,49,50)(H,51,52)/b28-13-,31-14-,32-16-/t19-,21+,24-,38+/m1/s1. The number of aromatic nitrogens is 2. The molecule has 0 saturated carbocycles. The van der Waals surface area contributed by atoms with E-state index in [1.807, 2.05) is 39.0 Å². The zero-order valence-electron chi connectivity index (χ0n) is 29.8. The van der Waals surface area contributed by atoms with Gasteiger partial charge in [-0.2, -0.15) is 0 Å². The zero-order valence-corrected chi connectivity index (χ0v) is 29.8. The predicted octanol–water partition coefficient (Wildman–Crippen LogP) is 5.30. The maximum atomic E-state index is 12.4. The SMILES string of the molecule is Cc1c2[nH]c(c1CCC(=O)O)Cc1[nH]c(c(C)c1CCC(=O)O)/C=C1\N/C(=C\C3=NC(=C\2)/[C@@H](CCC(=O)O)[C@H]3C)[C@@H](CCC(=O)O)[C@]1(C)CC(=O)O. The van der Waals surface area contributed by atoms with Crippen LogP contribution in [0.25, 0.3) is 12.2 Å². The van der Waals surface area contributed by atoms with Crippen molar-refractivity contribution >= 4 is 47.7 Å². The molecule has 1 saturated heterocycles. The molecule has 52 heavy (non-hydrogen) atoms. The van der Waals surface area contributed by atoms with Crippen LogP contribution in [0.15, 0.2) is 28.2 Å². The molecule has 0 radical (unpaired) electrons. The maximum Gasteiger partial charge on any atom is 0.304 e. The predicted molar refractivity (Wildman–Crippen MR) is 191 cm³/mol. The van der Waals surface area contributed by atoms with Gasteiger partial charge in [0.1, 0.15) is 0 Å². The van der Waals surface area contributed by atoms with Gasteiger partial charge in [0.15, 0.2) is 0 Å². The Bertz CT molecular complexity index is 1940. The molecule has 0 aromatic carbocycles. The van der Waals surface area contributed by atoms with E-state index in [2.05, 4.69) is 15.3 Å². The number of carboxylic acid groups (broad SMARTS) is 5. The highest BCUT2D eigenvalue weighted by atomic mass is 16.4. The summed E-state index contributed by atoms with van der Waals surface area (Å²) >= 11 is 0. The second kappa shape index (κ2) is 15.1. The Hall–Kier alpha value is -5.40. The van der Waals surface area contributed by atoms with Crippen LogP contribution in [0.1, 0.15) is 104 Å². The molecule has 0 unspecified atom stereocenters. The number of aromatic amines is 2. The summed E-state index contributed by atoms with van der Waals surface area (Å²) in [6.07, 6.45) is 5.87. The third kappa shape index (κ3) is 7.90. The zero-order chi connectivity index (χ0) is 38.1. The molecule has 4 atom stereocenters. The van der Waals surface area contributed by atoms with Crippen LogP contribution in [0.4, 0.5) is 0 Å². The number of hydrogen-bond donors (Lipinski definition) is 8. The number of H-pyrrole nitrogens is 2. The molecular weight excluding hydrogens is 672 g/mol. The average Bonchev–Trinajstić information content (AvgIpc) is 3.68. The quantitative estimate of drug-likeness (QED) is 0.125.